The molecule has 2 aliphatic rings. The third kappa shape index (κ3) is 0.910. The molecule has 82 valence electrons. The van der Waals surface area contributed by atoms with Gasteiger partial charge in [-0.15, -0.1) is 0 Å². The molecule has 1 saturated carbocycles. The van der Waals surface area contributed by atoms with Gasteiger partial charge in [0.15, 0.2) is 0 Å². The van der Waals surface area contributed by atoms with Crippen LogP contribution in [0.5, 0.6) is 0 Å². The third-order valence-electron chi connectivity index (χ3n) is 4.32. The van der Waals surface area contributed by atoms with Crippen LogP contribution in [0.4, 0.5) is 0 Å². The lowest BCUT2D eigenvalue weighted by molar-refractivity contribution is -0.113. The largest absolute Gasteiger partial charge is 0.281 e. The fourth-order valence-electron chi connectivity index (χ4n) is 3.40. The van der Waals surface area contributed by atoms with Gasteiger partial charge in [0.25, 0.3) is 0 Å². The first-order valence-corrected chi connectivity index (χ1v) is 5.88. The van der Waals surface area contributed by atoms with Crippen LogP contribution in [0.15, 0.2) is 30.3 Å². The number of rotatable bonds is 1. The molecule has 2 heteroatoms. The standard InChI is InChI=1S/C14H13ClO/c1-13(2)11(12(15)16)14(13)8-7-9-5-3-4-6-10(9)14/h3-8,11H,1-2H3. The zero-order valence-electron chi connectivity index (χ0n) is 9.33. The number of fused-ring (bicyclic) bond motifs is 2. The van der Waals surface area contributed by atoms with Crippen molar-refractivity contribution in [2.24, 2.45) is 11.3 Å². The third-order valence-corrected chi connectivity index (χ3v) is 4.54. The normalized spacial score (nSPS) is 32.8. The van der Waals surface area contributed by atoms with Crippen LogP contribution in [0.3, 0.4) is 0 Å². The summed E-state index contributed by atoms with van der Waals surface area (Å²) in [6.45, 7) is 4.23. The number of halogens is 1. The molecule has 3 rings (SSSR count). The Labute approximate surface area is 100 Å². The number of carbonyl (C=O) groups is 1. The molecule has 1 aromatic carbocycles. The van der Waals surface area contributed by atoms with Crippen molar-refractivity contribution >= 4 is 22.9 Å². The van der Waals surface area contributed by atoms with Gasteiger partial charge in [0, 0.05) is 5.41 Å². The summed E-state index contributed by atoms with van der Waals surface area (Å²) in [5.74, 6) is -0.0819. The van der Waals surface area contributed by atoms with E-state index in [0.29, 0.717) is 0 Å². The second kappa shape index (κ2) is 2.78. The zero-order chi connectivity index (χ0) is 11.6. The Bertz CT molecular complexity index is 515. The molecule has 1 fully saturated rings. The van der Waals surface area contributed by atoms with Gasteiger partial charge in [-0.05, 0) is 28.1 Å². The molecule has 2 aliphatic carbocycles. The van der Waals surface area contributed by atoms with Gasteiger partial charge in [0.1, 0.15) is 0 Å². The molecule has 16 heavy (non-hydrogen) atoms. The van der Waals surface area contributed by atoms with Gasteiger partial charge >= 0.3 is 0 Å². The van der Waals surface area contributed by atoms with E-state index >= 15 is 0 Å². The van der Waals surface area contributed by atoms with Crippen LogP contribution in [0.1, 0.15) is 25.0 Å². The van der Waals surface area contributed by atoms with E-state index in [2.05, 4.69) is 38.1 Å². The topological polar surface area (TPSA) is 17.1 Å². The molecule has 0 saturated heterocycles. The molecule has 0 heterocycles. The maximum atomic E-state index is 11.5. The Kier molecular flexibility index (Phi) is 1.75. The Morgan fingerprint density at radius 2 is 2.00 bits per heavy atom. The van der Waals surface area contributed by atoms with Crippen LogP contribution in [0, 0.1) is 11.3 Å². The summed E-state index contributed by atoms with van der Waals surface area (Å²) in [6, 6.07) is 8.24. The van der Waals surface area contributed by atoms with E-state index in [9.17, 15) is 4.79 Å². The average Bonchev–Trinajstić information content (AvgIpc) is 2.52. The summed E-state index contributed by atoms with van der Waals surface area (Å²) in [5, 5.41) is -0.216. The van der Waals surface area contributed by atoms with Gasteiger partial charge in [-0.2, -0.15) is 0 Å². The second-order valence-electron chi connectivity index (χ2n) is 5.25. The van der Waals surface area contributed by atoms with Crippen molar-refractivity contribution in [3.8, 4) is 0 Å². The molecule has 2 unspecified atom stereocenters. The summed E-state index contributed by atoms with van der Waals surface area (Å²) in [4.78, 5) is 11.5. The highest BCUT2D eigenvalue weighted by Crippen LogP contribution is 2.73. The number of carbonyl (C=O) groups excluding carboxylic acids is 1. The van der Waals surface area contributed by atoms with E-state index in [1.807, 2.05) is 12.1 Å². The van der Waals surface area contributed by atoms with Crippen molar-refractivity contribution < 1.29 is 4.79 Å². The predicted molar refractivity (Wildman–Crippen MR) is 65.3 cm³/mol. The van der Waals surface area contributed by atoms with Gasteiger partial charge < -0.3 is 0 Å². The number of hydrogen-bond donors (Lipinski definition) is 0. The summed E-state index contributed by atoms with van der Waals surface area (Å²) in [6.07, 6.45) is 4.26. The Morgan fingerprint density at radius 1 is 1.31 bits per heavy atom. The lowest BCUT2D eigenvalue weighted by Gasteiger charge is -2.13. The SMILES string of the molecule is CC1(C)C(C(=O)Cl)C12C=Cc1ccccc12. The van der Waals surface area contributed by atoms with Crippen molar-refractivity contribution in [3.05, 3.63) is 41.5 Å². The van der Waals surface area contributed by atoms with Gasteiger partial charge in [-0.25, -0.2) is 0 Å². The fourth-order valence-corrected chi connectivity index (χ4v) is 3.85. The molecule has 0 aromatic heterocycles. The first-order chi connectivity index (χ1) is 7.52. The van der Waals surface area contributed by atoms with Crippen molar-refractivity contribution in [1.82, 2.24) is 0 Å². The Hall–Kier alpha value is -1.08. The van der Waals surface area contributed by atoms with Crippen LogP contribution in [0.2, 0.25) is 0 Å². The maximum Gasteiger partial charge on any atom is 0.226 e. The highest BCUT2D eigenvalue weighted by molar-refractivity contribution is 6.64. The quantitative estimate of drug-likeness (QED) is 0.679. The fraction of sp³-hybridized carbons (Fsp3) is 0.357. The lowest BCUT2D eigenvalue weighted by Crippen LogP contribution is -2.10. The predicted octanol–water partition coefficient (Wildman–Crippen LogP) is 3.37. The van der Waals surface area contributed by atoms with E-state index in [-0.39, 0.29) is 22.0 Å². The maximum absolute atomic E-state index is 11.5. The lowest BCUT2D eigenvalue weighted by atomic mass is 9.90. The average molecular weight is 233 g/mol. The van der Waals surface area contributed by atoms with Crippen LogP contribution >= 0.6 is 11.6 Å². The Morgan fingerprint density at radius 3 is 2.62 bits per heavy atom. The molecule has 0 amide bonds. The van der Waals surface area contributed by atoms with E-state index in [1.165, 1.54) is 11.1 Å². The molecule has 1 aromatic rings. The van der Waals surface area contributed by atoms with Gasteiger partial charge in [0.05, 0.1) is 5.92 Å². The monoisotopic (exact) mass is 232 g/mol. The molecule has 0 radical (unpaired) electrons. The molecule has 1 spiro atoms. The molecule has 0 bridgehead atoms. The first-order valence-electron chi connectivity index (χ1n) is 5.50. The van der Waals surface area contributed by atoms with Crippen LogP contribution in [-0.4, -0.2) is 5.24 Å². The molecule has 0 N–H and O–H groups in total. The molecular weight excluding hydrogens is 220 g/mol. The number of benzene rings is 1. The highest BCUT2D eigenvalue weighted by atomic mass is 35.5. The van der Waals surface area contributed by atoms with Crippen LogP contribution in [-0.2, 0) is 10.2 Å². The molecule has 2 atom stereocenters. The summed E-state index contributed by atoms with van der Waals surface area (Å²) >= 11 is 5.72. The van der Waals surface area contributed by atoms with E-state index in [4.69, 9.17) is 11.6 Å². The van der Waals surface area contributed by atoms with Crippen molar-refractivity contribution in [2.45, 2.75) is 19.3 Å². The second-order valence-corrected chi connectivity index (χ2v) is 5.62. The smallest absolute Gasteiger partial charge is 0.226 e. The first kappa shape index (κ1) is 10.1. The summed E-state index contributed by atoms with van der Waals surface area (Å²) in [5.41, 5.74) is 2.26. The van der Waals surface area contributed by atoms with Gasteiger partial charge in [-0.3, -0.25) is 4.79 Å². The minimum Gasteiger partial charge on any atom is -0.281 e. The van der Waals surface area contributed by atoms with Crippen LogP contribution in [0.25, 0.3) is 6.08 Å². The van der Waals surface area contributed by atoms with Gasteiger partial charge in [-0.1, -0.05) is 50.3 Å². The highest BCUT2D eigenvalue weighted by Gasteiger charge is 2.74. The summed E-state index contributed by atoms with van der Waals surface area (Å²) < 4.78 is 0. The van der Waals surface area contributed by atoms with Crippen molar-refractivity contribution in [2.75, 3.05) is 0 Å². The Balaban J connectivity index is 2.18. The molecular formula is C14H13ClO. The molecule has 0 aliphatic heterocycles. The minimum atomic E-state index is -0.216. The van der Waals surface area contributed by atoms with E-state index in [0.717, 1.165) is 0 Å². The minimum absolute atomic E-state index is 0.0606. The zero-order valence-corrected chi connectivity index (χ0v) is 10.1. The van der Waals surface area contributed by atoms with Gasteiger partial charge in [0.2, 0.25) is 5.24 Å². The van der Waals surface area contributed by atoms with Crippen LogP contribution < -0.4 is 0 Å². The molecule has 1 nitrogen and oxygen atoms in total. The number of allylic oxidation sites excluding steroid dienone is 1. The van der Waals surface area contributed by atoms with E-state index < -0.39 is 0 Å². The number of hydrogen-bond acceptors (Lipinski definition) is 1. The van der Waals surface area contributed by atoms with E-state index in [1.54, 1.807) is 0 Å². The van der Waals surface area contributed by atoms with Crippen molar-refractivity contribution in [3.63, 3.8) is 0 Å². The summed E-state index contributed by atoms with van der Waals surface area (Å²) in [7, 11) is 0. The van der Waals surface area contributed by atoms with Crippen molar-refractivity contribution in [1.29, 1.82) is 0 Å².